The highest BCUT2D eigenvalue weighted by Gasteiger charge is 2.56. The van der Waals surface area contributed by atoms with Crippen molar-refractivity contribution in [3.05, 3.63) is 36.2 Å². The summed E-state index contributed by atoms with van der Waals surface area (Å²) < 4.78 is 0. The number of aromatic nitrogens is 1. The lowest BCUT2D eigenvalue weighted by molar-refractivity contribution is -0.140. The Morgan fingerprint density at radius 1 is 1.15 bits per heavy atom. The molecule has 1 aromatic heterocycles. The number of nitrogens with one attached hydrogen (secondary N) is 1. The monoisotopic (exact) mass is 269 g/mol. The van der Waals surface area contributed by atoms with E-state index in [-0.39, 0.29) is 35.5 Å². The van der Waals surface area contributed by atoms with Crippen LogP contribution in [0.15, 0.2) is 35.6 Å². The third-order valence-electron chi connectivity index (χ3n) is 4.67. The van der Waals surface area contributed by atoms with Gasteiger partial charge in [-0.3, -0.25) is 9.59 Å². The number of aromatic amines is 1. The fourth-order valence-corrected chi connectivity index (χ4v) is 3.72. The summed E-state index contributed by atoms with van der Waals surface area (Å²) in [6, 6.07) is 3.69. The van der Waals surface area contributed by atoms with Crippen molar-refractivity contribution in [1.82, 2.24) is 9.99 Å². The number of carbonyl (C=O) groups excluding carboxylic acids is 2. The maximum Gasteiger partial charge on any atom is 0.254 e. The van der Waals surface area contributed by atoms with Gasteiger partial charge in [-0.25, -0.2) is 0 Å². The number of amides is 2. The molecule has 4 atom stereocenters. The predicted molar refractivity (Wildman–Crippen MR) is 72.6 cm³/mol. The molecule has 0 unspecified atom stereocenters. The van der Waals surface area contributed by atoms with Gasteiger partial charge in [0.2, 0.25) is 0 Å². The van der Waals surface area contributed by atoms with Gasteiger partial charge in [-0.05, 0) is 36.8 Å². The summed E-state index contributed by atoms with van der Waals surface area (Å²) >= 11 is 0. The molecule has 1 saturated heterocycles. The Morgan fingerprint density at radius 3 is 2.30 bits per heavy atom. The Morgan fingerprint density at radius 2 is 1.80 bits per heavy atom. The number of carbonyl (C=O) groups is 2. The first-order chi connectivity index (χ1) is 9.75. The number of rotatable bonds is 2. The maximum atomic E-state index is 12.4. The lowest BCUT2D eigenvalue weighted by Gasteiger charge is -2.37. The molecule has 2 amide bonds. The first kappa shape index (κ1) is 11.6. The van der Waals surface area contributed by atoms with E-state index >= 15 is 0 Å². The van der Waals surface area contributed by atoms with Crippen molar-refractivity contribution in [2.45, 2.75) is 12.8 Å². The smallest absolute Gasteiger partial charge is 0.254 e. The van der Waals surface area contributed by atoms with Crippen LogP contribution in [0.3, 0.4) is 0 Å². The highest BCUT2D eigenvalue weighted by atomic mass is 16.2. The minimum absolute atomic E-state index is 0.137. The van der Waals surface area contributed by atoms with E-state index in [1.165, 1.54) is 6.21 Å². The molecule has 3 aliphatic carbocycles. The molecule has 102 valence electrons. The number of hydrogen-bond acceptors (Lipinski definition) is 3. The Kier molecular flexibility index (Phi) is 2.42. The van der Waals surface area contributed by atoms with Gasteiger partial charge in [0.25, 0.3) is 11.8 Å². The first-order valence-corrected chi connectivity index (χ1v) is 6.99. The van der Waals surface area contributed by atoms with Crippen LogP contribution in [0.5, 0.6) is 0 Å². The SMILES string of the molecule is O=C1[C@H]2[C@H](C(=O)N1/N=C\c1ccc[nH]1)[C@H]1C=C[C@H]2CC1. The summed E-state index contributed by atoms with van der Waals surface area (Å²) in [7, 11) is 0. The molecule has 2 fully saturated rings. The van der Waals surface area contributed by atoms with Crippen LogP contribution in [0.4, 0.5) is 0 Å². The summed E-state index contributed by atoms with van der Waals surface area (Å²) in [4.78, 5) is 27.9. The Balaban J connectivity index is 1.64. The van der Waals surface area contributed by atoms with E-state index in [4.69, 9.17) is 0 Å². The Bertz CT molecular complexity index is 585. The van der Waals surface area contributed by atoms with E-state index in [2.05, 4.69) is 22.2 Å². The summed E-state index contributed by atoms with van der Waals surface area (Å²) in [6.07, 6.45) is 9.55. The number of nitrogens with zero attached hydrogens (tertiary/aromatic N) is 2. The zero-order chi connectivity index (χ0) is 13.7. The van der Waals surface area contributed by atoms with Crippen LogP contribution in [0.1, 0.15) is 18.5 Å². The molecule has 5 nitrogen and oxygen atoms in total. The van der Waals surface area contributed by atoms with Gasteiger partial charge in [-0.2, -0.15) is 10.1 Å². The van der Waals surface area contributed by atoms with Crippen LogP contribution in [-0.2, 0) is 9.59 Å². The minimum Gasteiger partial charge on any atom is -0.360 e. The molecule has 1 aliphatic heterocycles. The molecule has 2 heterocycles. The van der Waals surface area contributed by atoms with E-state index in [0.717, 1.165) is 23.5 Å². The van der Waals surface area contributed by atoms with E-state index in [1.807, 2.05) is 12.1 Å². The van der Waals surface area contributed by atoms with Gasteiger partial charge in [0.1, 0.15) is 0 Å². The fraction of sp³-hybridized carbons (Fsp3) is 0.400. The lowest BCUT2D eigenvalue weighted by atomic mass is 9.63. The minimum atomic E-state index is -0.188. The molecule has 20 heavy (non-hydrogen) atoms. The van der Waals surface area contributed by atoms with Crippen LogP contribution >= 0.6 is 0 Å². The number of imide groups is 1. The van der Waals surface area contributed by atoms with Crippen molar-refractivity contribution in [3.8, 4) is 0 Å². The second-order valence-corrected chi connectivity index (χ2v) is 5.70. The lowest BCUT2D eigenvalue weighted by Crippen LogP contribution is -2.38. The van der Waals surface area contributed by atoms with Crippen LogP contribution in [0.25, 0.3) is 0 Å². The largest absolute Gasteiger partial charge is 0.360 e. The molecule has 5 rings (SSSR count). The van der Waals surface area contributed by atoms with Crippen LogP contribution in [0.2, 0.25) is 0 Å². The van der Waals surface area contributed by atoms with E-state index in [1.54, 1.807) is 6.20 Å². The summed E-state index contributed by atoms with van der Waals surface area (Å²) in [6.45, 7) is 0. The number of allylic oxidation sites excluding steroid dienone is 2. The van der Waals surface area contributed by atoms with Crippen LogP contribution in [0, 0.1) is 23.7 Å². The van der Waals surface area contributed by atoms with E-state index in [0.29, 0.717) is 0 Å². The van der Waals surface area contributed by atoms with Crippen molar-refractivity contribution < 1.29 is 9.59 Å². The molecule has 1 N–H and O–H groups in total. The third-order valence-corrected chi connectivity index (χ3v) is 4.67. The van der Waals surface area contributed by atoms with Gasteiger partial charge in [-0.1, -0.05) is 12.2 Å². The molecular formula is C15H15N3O2. The quantitative estimate of drug-likeness (QED) is 0.503. The van der Waals surface area contributed by atoms with Crippen molar-refractivity contribution >= 4 is 18.0 Å². The van der Waals surface area contributed by atoms with Gasteiger partial charge in [-0.15, -0.1) is 0 Å². The van der Waals surface area contributed by atoms with Crippen molar-refractivity contribution in [2.24, 2.45) is 28.8 Å². The van der Waals surface area contributed by atoms with E-state index in [9.17, 15) is 9.59 Å². The number of fused-ring (bicyclic) bond motifs is 1. The molecule has 1 saturated carbocycles. The molecule has 2 bridgehead atoms. The predicted octanol–water partition coefficient (Wildman–Crippen LogP) is 1.55. The topological polar surface area (TPSA) is 65.5 Å². The van der Waals surface area contributed by atoms with Crippen molar-refractivity contribution in [2.75, 3.05) is 0 Å². The second-order valence-electron chi connectivity index (χ2n) is 5.70. The summed E-state index contributed by atoms with van der Waals surface area (Å²) in [5.41, 5.74) is 0.779. The summed E-state index contributed by atoms with van der Waals surface area (Å²) in [5, 5.41) is 5.18. The van der Waals surface area contributed by atoms with Gasteiger partial charge in [0, 0.05) is 6.20 Å². The molecule has 1 aromatic rings. The van der Waals surface area contributed by atoms with Gasteiger partial charge in [0.15, 0.2) is 0 Å². The number of H-pyrrole nitrogens is 1. The summed E-state index contributed by atoms with van der Waals surface area (Å²) in [5.74, 6) is -0.220. The highest BCUT2D eigenvalue weighted by Crippen LogP contribution is 2.49. The molecule has 0 aromatic carbocycles. The zero-order valence-corrected chi connectivity index (χ0v) is 10.9. The van der Waals surface area contributed by atoms with Crippen molar-refractivity contribution in [1.29, 1.82) is 0 Å². The standard InChI is InChI=1S/C15H15N3O2/c19-14-12-9-3-4-10(6-5-9)13(12)15(20)18(14)17-8-11-2-1-7-16-11/h1-4,7-10,12-13,16H,5-6H2/b17-8-/t9-,10-,12+,13+/m0/s1. The van der Waals surface area contributed by atoms with Gasteiger partial charge < -0.3 is 4.98 Å². The zero-order valence-electron chi connectivity index (χ0n) is 10.9. The third kappa shape index (κ3) is 1.52. The molecule has 0 spiro atoms. The molecule has 4 aliphatic rings. The molecular weight excluding hydrogens is 254 g/mol. The first-order valence-electron chi connectivity index (χ1n) is 6.99. The highest BCUT2D eigenvalue weighted by molar-refractivity contribution is 6.06. The normalized spacial score (nSPS) is 35.3. The van der Waals surface area contributed by atoms with Crippen LogP contribution < -0.4 is 0 Å². The van der Waals surface area contributed by atoms with Gasteiger partial charge in [0.05, 0.1) is 23.7 Å². The Labute approximate surface area is 116 Å². The number of hydrazone groups is 1. The van der Waals surface area contributed by atoms with Crippen molar-refractivity contribution in [3.63, 3.8) is 0 Å². The average Bonchev–Trinajstić information content (AvgIpc) is 3.08. The molecule has 0 radical (unpaired) electrons. The van der Waals surface area contributed by atoms with E-state index < -0.39 is 0 Å². The molecule has 5 heteroatoms. The number of hydrogen-bond donors (Lipinski definition) is 1. The average molecular weight is 269 g/mol. The maximum absolute atomic E-state index is 12.4. The fourth-order valence-electron chi connectivity index (χ4n) is 3.72. The Hall–Kier alpha value is -2.17. The van der Waals surface area contributed by atoms with Crippen LogP contribution in [-0.4, -0.2) is 28.0 Å². The second kappa shape index (κ2) is 4.16. The van der Waals surface area contributed by atoms with Gasteiger partial charge >= 0.3 is 0 Å².